The molecule has 0 fully saturated rings. The van der Waals surface area contributed by atoms with Crippen molar-refractivity contribution in [1.82, 2.24) is 9.97 Å². The predicted molar refractivity (Wildman–Crippen MR) is 108 cm³/mol. The largest absolute Gasteiger partial charge is 0.454 e. The van der Waals surface area contributed by atoms with E-state index in [2.05, 4.69) is 65.7 Å². The van der Waals surface area contributed by atoms with Crippen molar-refractivity contribution in [1.29, 1.82) is 0 Å². The molecular formula is C20H19BN4O. The Balaban J connectivity index is 1.74. The summed E-state index contributed by atoms with van der Waals surface area (Å²) < 4.78 is 6.22. The topological polar surface area (TPSA) is 45.4 Å². The van der Waals surface area contributed by atoms with Gasteiger partial charge in [-0.3, -0.25) is 0 Å². The van der Waals surface area contributed by atoms with Gasteiger partial charge in [-0.1, -0.05) is 30.3 Å². The van der Waals surface area contributed by atoms with Crippen molar-refractivity contribution in [3.05, 3.63) is 54.9 Å². The lowest BCUT2D eigenvalue weighted by Gasteiger charge is -2.33. The number of para-hydroxylation sites is 2. The fourth-order valence-corrected chi connectivity index (χ4v) is 3.64. The number of anilines is 3. The van der Waals surface area contributed by atoms with Gasteiger partial charge in [0.2, 0.25) is 0 Å². The van der Waals surface area contributed by atoms with Crippen LogP contribution in [0.5, 0.6) is 0 Å². The molecule has 0 bridgehead atoms. The molecule has 26 heavy (non-hydrogen) atoms. The number of fused-ring (bicyclic) bond motifs is 4. The van der Waals surface area contributed by atoms with Gasteiger partial charge < -0.3 is 14.2 Å². The van der Waals surface area contributed by atoms with E-state index in [1.54, 1.807) is 12.4 Å². The molecule has 4 aromatic rings. The fourth-order valence-electron chi connectivity index (χ4n) is 3.64. The lowest BCUT2D eigenvalue weighted by Crippen LogP contribution is -2.46. The SMILES string of the molecule is BC(C)(C)N1CN(c2cccc3c2oc2ccccc23)c2nccnc21. The molecule has 0 radical (unpaired) electrons. The first kappa shape index (κ1) is 15.3. The normalized spacial score (nSPS) is 14.4. The maximum atomic E-state index is 6.22. The summed E-state index contributed by atoms with van der Waals surface area (Å²) in [6, 6.07) is 14.4. The average Bonchev–Trinajstić information content (AvgIpc) is 3.20. The molecule has 0 atom stereocenters. The summed E-state index contributed by atoms with van der Waals surface area (Å²) in [5.74, 6) is 1.78. The molecule has 0 aliphatic carbocycles. The average molecular weight is 342 g/mol. The maximum absolute atomic E-state index is 6.22. The zero-order valence-electron chi connectivity index (χ0n) is 15.1. The van der Waals surface area contributed by atoms with Crippen LogP contribution in [0.4, 0.5) is 17.3 Å². The van der Waals surface area contributed by atoms with E-state index in [4.69, 9.17) is 4.42 Å². The highest BCUT2D eigenvalue weighted by Crippen LogP contribution is 2.43. The number of hydrogen-bond donors (Lipinski definition) is 0. The Bertz CT molecular complexity index is 1130. The molecule has 0 saturated heterocycles. The highest BCUT2D eigenvalue weighted by atomic mass is 16.3. The number of furan rings is 1. The fraction of sp³-hybridized carbons (Fsp3) is 0.200. The number of rotatable bonds is 2. The van der Waals surface area contributed by atoms with Gasteiger partial charge >= 0.3 is 0 Å². The minimum atomic E-state index is -0.0543. The van der Waals surface area contributed by atoms with E-state index in [0.29, 0.717) is 6.67 Å². The van der Waals surface area contributed by atoms with Gasteiger partial charge in [0.05, 0.1) is 12.4 Å². The third kappa shape index (κ3) is 2.11. The van der Waals surface area contributed by atoms with Crippen molar-refractivity contribution in [2.24, 2.45) is 0 Å². The second kappa shape index (κ2) is 5.24. The lowest BCUT2D eigenvalue weighted by atomic mass is 9.80. The minimum Gasteiger partial charge on any atom is -0.454 e. The first-order valence-corrected chi connectivity index (χ1v) is 8.80. The molecule has 6 heteroatoms. The van der Waals surface area contributed by atoms with Gasteiger partial charge in [0, 0.05) is 28.6 Å². The van der Waals surface area contributed by atoms with E-state index in [1.807, 2.05) is 18.2 Å². The van der Waals surface area contributed by atoms with E-state index in [9.17, 15) is 0 Å². The summed E-state index contributed by atoms with van der Waals surface area (Å²) >= 11 is 0. The molecule has 0 spiro atoms. The highest BCUT2D eigenvalue weighted by molar-refractivity contribution is 6.17. The maximum Gasteiger partial charge on any atom is 0.178 e. The summed E-state index contributed by atoms with van der Waals surface area (Å²) in [7, 11) is 2.19. The van der Waals surface area contributed by atoms with Crippen molar-refractivity contribution in [2.75, 3.05) is 16.5 Å². The quantitative estimate of drug-likeness (QED) is 0.520. The zero-order chi connectivity index (χ0) is 17.9. The molecule has 0 amide bonds. The van der Waals surface area contributed by atoms with Crippen LogP contribution in [0.15, 0.2) is 59.3 Å². The third-order valence-electron chi connectivity index (χ3n) is 4.94. The molecule has 1 aliphatic heterocycles. The first-order valence-electron chi connectivity index (χ1n) is 8.80. The summed E-state index contributed by atoms with van der Waals surface area (Å²) in [6.07, 6.45) is 3.50. The van der Waals surface area contributed by atoms with Gasteiger partial charge in [-0.25, -0.2) is 9.97 Å². The zero-order valence-corrected chi connectivity index (χ0v) is 15.1. The van der Waals surface area contributed by atoms with E-state index in [0.717, 1.165) is 39.3 Å². The summed E-state index contributed by atoms with van der Waals surface area (Å²) in [6.45, 7) is 5.08. The van der Waals surface area contributed by atoms with Crippen LogP contribution in [0.25, 0.3) is 21.9 Å². The van der Waals surface area contributed by atoms with Crippen molar-refractivity contribution in [3.63, 3.8) is 0 Å². The van der Waals surface area contributed by atoms with E-state index in [-0.39, 0.29) is 5.44 Å². The van der Waals surface area contributed by atoms with Crippen molar-refractivity contribution < 1.29 is 4.42 Å². The second-order valence-corrected chi connectivity index (χ2v) is 7.62. The van der Waals surface area contributed by atoms with Crippen LogP contribution < -0.4 is 9.80 Å². The summed E-state index contributed by atoms with van der Waals surface area (Å²) in [5.41, 5.74) is 2.76. The minimum absolute atomic E-state index is 0.0543. The smallest absolute Gasteiger partial charge is 0.178 e. The Morgan fingerprint density at radius 2 is 1.69 bits per heavy atom. The molecule has 128 valence electrons. The van der Waals surface area contributed by atoms with Crippen molar-refractivity contribution in [2.45, 2.75) is 19.3 Å². The van der Waals surface area contributed by atoms with Crippen LogP contribution in [-0.2, 0) is 0 Å². The molecule has 0 N–H and O–H groups in total. The number of aromatic nitrogens is 2. The van der Waals surface area contributed by atoms with Crippen LogP contribution in [0.3, 0.4) is 0 Å². The molecule has 0 saturated carbocycles. The van der Waals surface area contributed by atoms with Gasteiger partial charge in [-0.2, -0.15) is 0 Å². The van der Waals surface area contributed by atoms with Gasteiger partial charge in [-0.15, -0.1) is 0 Å². The summed E-state index contributed by atoms with van der Waals surface area (Å²) in [5, 5.41) is 2.26. The van der Waals surface area contributed by atoms with Gasteiger partial charge in [0.25, 0.3) is 0 Å². The van der Waals surface area contributed by atoms with Crippen LogP contribution in [0.2, 0.25) is 0 Å². The first-order chi connectivity index (χ1) is 12.5. The molecular weight excluding hydrogens is 323 g/mol. The molecule has 5 nitrogen and oxygen atoms in total. The van der Waals surface area contributed by atoms with Crippen LogP contribution in [-0.4, -0.2) is 29.9 Å². The van der Waals surface area contributed by atoms with Crippen LogP contribution >= 0.6 is 0 Å². The Hall–Kier alpha value is -3.02. The summed E-state index contributed by atoms with van der Waals surface area (Å²) in [4.78, 5) is 13.7. The molecule has 3 heterocycles. The third-order valence-corrected chi connectivity index (χ3v) is 4.94. The van der Waals surface area contributed by atoms with Crippen LogP contribution in [0.1, 0.15) is 13.8 Å². The van der Waals surface area contributed by atoms with Crippen molar-refractivity contribution >= 4 is 47.1 Å². The predicted octanol–water partition coefficient (Wildman–Crippen LogP) is 3.66. The van der Waals surface area contributed by atoms with Crippen molar-refractivity contribution in [3.8, 4) is 0 Å². The lowest BCUT2D eigenvalue weighted by molar-refractivity contribution is 0.633. The molecule has 0 unspecified atom stereocenters. The Labute approximate surface area is 152 Å². The monoisotopic (exact) mass is 342 g/mol. The van der Waals surface area contributed by atoms with E-state index >= 15 is 0 Å². The molecule has 2 aromatic heterocycles. The van der Waals surface area contributed by atoms with Gasteiger partial charge in [-0.05, 0) is 26.0 Å². The second-order valence-electron chi connectivity index (χ2n) is 7.62. The van der Waals surface area contributed by atoms with Gasteiger partial charge in [0.1, 0.15) is 13.4 Å². The molecule has 5 rings (SSSR count). The molecule has 2 aromatic carbocycles. The molecule has 1 aliphatic rings. The van der Waals surface area contributed by atoms with Gasteiger partial charge in [0.15, 0.2) is 17.2 Å². The highest BCUT2D eigenvalue weighted by Gasteiger charge is 2.36. The number of benzene rings is 2. The van der Waals surface area contributed by atoms with Crippen LogP contribution in [0, 0.1) is 0 Å². The number of hydrogen-bond acceptors (Lipinski definition) is 5. The van der Waals surface area contributed by atoms with E-state index in [1.165, 1.54) is 0 Å². The van der Waals surface area contributed by atoms with E-state index < -0.39 is 0 Å². The number of nitrogens with zero attached hydrogens (tertiary/aromatic N) is 4. The Kier molecular flexibility index (Phi) is 3.07. The Morgan fingerprint density at radius 1 is 0.962 bits per heavy atom. The Morgan fingerprint density at radius 3 is 2.50 bits per heavy atom. The standard InChI is InChI=1S/C20H19BN4O/c1-20(2,21)25-12-24(18-19(25)23-11-10-22-18)15-8-5-7-14-13-6-3-4-9-16(13)26-17(14)15/h3-11H,12,21H2,1-2H3.